The van der Waals surface area contributed by atoms with Gasteiger partial charge in [0.25, 0.3) is 0 Å². The van der Waals surface area contributed by atoms with E-state index in [1.54, 1.807) is 24.1 Å². The fourth-order valence-corrected chi connectivity index (χ4v) is 7.00. The first-order valence-corrected chi connectivity index (χ1v) is 15.6. The Hall–Kier alpha value is -3.98. The molecule has 0 saturated carbocycles. The molecule has 1 heterocycles. The van der Waals surface area contributed by atoms with Crippen molar-refractivity contribution in [1.82, 2.24) is 14.1 Å². The van der Waals surface area contributed by atoms with Crippen LogP contribution in [0, 0.1) is 6.92 Å². The van der Waals surface area contributed by atoms with E-state index in [0.29, 0.717) is 37.5 Å². The Labute approximate surface area is 249 Å². The third kappa shape index (κ3) is 6.73. The van der Waals surface area contributed by atoms with Crippen LogP contribution in [0.5, 0.6) is 5.75 Å². The van der Waals surface area contributed by atoms with E-state index < -0.39 is 10.0 Å². The van der Waals surface area contributed by atoms with E-state index >= 15 is 0 Å². The molecule has 1 aliphatic heterocycles. The predicted octanol–water partition coefficient (Wildman–Crippen LogP) is 5.13. The van der Waals surface area contributed by atoms with Gasteiger partial charge in [0.05, 0.1) is 24.6 Å². The topological polar surface area (TPSA) is 70.2 Å². The van der Waals surface area contributed by atoms with Crippen molar-refractivity contribution in [3.8, 4) is 5.75 Å². The van der Waals surface area contributed by atoms with E-state index in [4.69, 9.17) is 4.74 Å². The number of hydrogen-bond acceptors (Lipinski definition) is 5. The van der Waals surface area contributed by atoms with Crippen LogP contribution in [-0.2, 0) is 21.4 Å². The molecule has 7 nitrogen and oxygen atoms in total. The van der Waals surface area contributed by atoms with Crippen LogP contribution < -0.4 is 4.74 Å². The molecule has 0 aliphatic carbocycles. The van der Waals surface area contributed by atoms with Gasteiger partial charge in [0.2, 0.25) is 15.9 Å². The number of sulfonamides is 1. The Balaban J connectivity index is 1.33. The van der Waals surface area contributed by atoms with Gasteiger partial charge >= 0.3 is 0 Å². The summed E-state index contributed by atoms with van der Waals surface area (Å²) in [5.74, 6) is 0.414. The Morgan fingerprint density at radius 3 is 1.88 bits per heavy atom. The third-order valence-electron chi connectivity index (χ3n) is 7.78. The van der Waals surface area contributed by atoms with Gasteiger partial charge in [0.1, 0.15) is 5.75 Å². The van der Waals surface area contributed by atoms with Crippen LogP contribution >= 0.6 is 0 Å². The normalized spacial score (nSPS) is 14.3. The maximum absolute atomic E-state index is 13.9. The van der Waals surface area contributed by atoms with Gasteiger partial charge in [-0.05, 0) is 47.4 Å². The number of benzene rings is 4. The SMILES string of the molecule is COc1ccc(S(=O)(=O)N(CC(=O)N2CCN(C(c3ccccc3)c3ccccc3)CC2)Cc2ccccc2)cc1C. The first-order valence-electron chi connectivity index (χ1n) is 14.2. The highest BCUT2D eigenvalue weighted by Crippen LogP contribution is 2.30. The maximum atomic E-state index is 13.9. The molecular formula is C34H37N3O4S. The smallest absolute Gasteiger partial charge is 0.243 e. The predicted molar refractivity (Wildman–Crippen MR) is 165 cm³/mol. The van der Waals surface area contributed by atoms with Crippen molar-refractivity contribution >= 4 is 15.9 Å². The summed E-state index contributed by atoms with van der Waals surface area (Å²) >= 11 is 0. The standard InChI is InChI=1S/C34H37N3O4S/c1-27-24-31(18-19-32(27)41-2)42(39,40)37(25-28-12-6-3-7-13-28)26-33(38)35-20-22-36(23-21-35)34(29-14-8-4-9-15-29)30-16-10-5-11-17-30/h3-19,24,34H,20-23,25-26H2,1-2H3. The number of nitrogens with zero attached hydrogens (tertiary/aromatic N) is 3. The van der Waals surface area contributed by atoms with Crippen molar-refractivity contribution in [2.45, 2.75) is 24.4 Å². The lowest BCUT2D eigenvalue weighted by atomic mass is 9.96. The molecule has 0 atom stereocenters. The number of carbonyl (C=O) groups is 1. The van der Waals surface area contributed by atoms with Crippen molar-refractivity contribution in [1.29, 1.82) is 0 Å². The zero-order valence-corrected chi connectivity index (χ0v) is 24.9. The second-order valence-corrected chi connectivity index (χ2v) is 12.5. The van der Waals surface area contributed by atoms with Crippen molar-refractivity contribution in [3.63, 3.8) is 0 Å². The molecular weight excluding hydrogens is 546 g/mol. The highest BCUT2D eigenvalue weighted by atomic mass is 32.2. The number of carbonyl (C=O) groups excluding carboxylic acids is 1. The molecule has 1 aliphatic rings. The summed E-state index contributed by atoms with van der Waals surface area (Å²) < 4.78 is 34.3. The molecule has 1 saturated heterocycles. The molecule has 8 heteroatoms. The molecule has 1 fully saturated rings. The van der Waals surface area contributed by atoms with Crippen LogP contribution in [0.4, 0.5) is 0 Å². The van der Waals surface area contributed by atoms with Gasteiger partial charge in [-0.25, -0.2) is 8.42 Å². The van der Waals surface area contributed by atoms with E-state index in [1.807, 2.05) is 49.4 Å². The number of ether oxygens (including phenoxy) is 1. The van der Waals surface area contributed by atoms with Crippen molar-refractivity contribution in [2.75, 3.05) is 39.8 Å². The van der Waals surface area contributed by atoms with Crippen LogP contribution in [0.1, 0.15) is 28.3 Å². The molecule has 4 aromatic rings. The monoisotopic (exact) mass is 583 g/mol. The largest absolute Gasteiger partial charge is 0.496 e. The summed E-state index contributed by atoms with van der Waals surface area (Å²) in [6.45, 7) is 4.09. The molecule has 0 N–H and O–H groups in total. The van der Waals surface area contributed by atoms with Gasteiger partial charge in [-0.3, -0.25) is 9.69 Å². The molecule has 5 rings (SSSR count). The van der Waals surface area contributed by atoms with Gasteiger partial charge in [-0.1, -0.05) is 91.0 Å². The Kier molecular flexibility index (Phi) is 9.37. The number of hydrogen-bond donors (Lipinski definition) is 0. The second-order valence-electron chi connectivity index (χ2n) is 10.5. The van der Waals surface area contributed by atoms with E-state index in [1.165, 1.54) is 21.5 Å². The van der Waals surface area contributed by atoms with Gasteiger partial charge in [-0.2, -0.15) is 4.31 Å². The van der Waals surface area contributed by atoms with Crippen LogP contribution in [0.25, 0.3) is 0 Å². The maximum Gasteiger partial charge on any atom is 0.243 e. The van der Waals surface area contributed by atoms with Crippen molar-refractivity contribution in [3.05, 3.63) is 131 Å². The molecule has 4 aromatic carbocycles. The molecule has 42 heavy (non-hydrogen) atoms. The fourth-order valence-electron chi connectivity index (χ4n) is 5.54. The summed E-state index contributed by atoms with van der Waals surface area (Å²) in [6, 6.07) is 35.1. The number of piperazine rings is 1. The van der Waals surface area contributed by atoms with Crippen molar-refractivity contribution in [2.24, 2.45) is 0 Å². The average Bonchev–Trinajstić information content (AvgIpc) is 3.02. The van der Waals surface area contributed by atoms with Crippen LogP contribution in [0.15, 0.2) is 114 Å². The number of rotatable bonds is 10. The summed E-state index contributed by atoms with van der Waals surface area (Å²) in [4.78, 5) is 18.0. The average molecular weight is 584 g/mol. The highest BCUT2D eigenvalue weighted by molar-refractivity contribution is 7.89. The van der Waals surface area contributed by atoms with Crippen LogP contribution in [0.2, 0.25) is 0 Å². The number of amides is 1. The second kappa shape index (κ2) is 13.3. The minimum Gasteiger partial charge on any atom is -0.496 e. The lowest BCUT2D eigenvalue weighted by Gasteiger charge is -2.40. The lowest BCUT2D eigenvalue weighted by Crippen LogP contribution is -2.52. The zero-order valence-electron chi connectivity index (χ0n) is 24.1. The number of methoxy groups -OCH3 is 1. The van der Waals surface area contributed by atoms with Crippen molar-refractivity contribution < 1.29 is 17.9 Å². The minimum atomic E-state index is -3.96. The quantitative estimate of drug-likeness (QED) is 0.259. The molecule has 0 aromatic heterocycles. The molecule has 0 spiro atoms. The summed E-state index contributed by atoms with van der Waals surface area (Å²) in [7, 11) is -2.40. The zero-order chi connectivity index (χ0) is 29.5. The highest BCUT2D eigenvalue weighted by Gasteiger charge is 2.32. The molecule has 0 unspecified atom stereocenters. The summed E-state index contributed by atoms with van der Waals surface area (Å²) in [5, 5.41) is 0. The van der Waals surface area contributed by atoms with Gasteiger partial charge < -0.3 is 9.64 Å². The number of aryl methyl sites for hydroxylation is 1. The lowest BCUT2D eigenvalue weighted by molar-refractivity contribution is -0.133. The van der Waals surface area contributed by atoms with E-state index in [9.17, 15) is 13.2 Å². The first kappa shape index (κ1) is 29.5. The Morgan fingerprint density at radius 1 is 0.810 bits per heavy atom. The molecule has 218 valence electrons. The summed E-state index contributed by atoms with van der Waals surface area (Å²) in [6.07, 6.45) is 0. The van der Waals surface area contributed by atoms with E-state index in [0.717, 1.165) is 5.56 Å². The third-order valence-corrected chi connectivity index (χ3v) is 9.57. The first-order chi connectivity index (χ1) is 20.4. The molecule has 0 bridgehead atoms. The fraction of sp³-hybridized carbons (Fsp3) is 0.265. The molecule has 1 amide bonds. The summed E-state index contributed by atoms with van der Waals surface area (Å²) in [5.41, 5.74) is 3.95. The van der Waals surface area contributed by atoms with Crippen LogP contribution in [0.3, 0.4) is 0 Å². The van der Waals surface area contributed by atoms with Gasteiger partial charge in [-0.15, -0.1) is 0 Å². The van der Waals surface area contributed by atoms with Gasteiger partial charge in [0.15, 0.2) is 0 Å². The molecule has 0 radical (unpaired) electrons. The Morgan fingerprint density at radius 2 is 1.36 bits per heavy atom. The van der Waals surface area contributed by atoms with E-state index in [-0.39, 0.29) is 29.9 Å². The van der Waals surface area contributed by atoms with Gasteiger partial charge in [0, 0.05) is 32.7 Å². The minimum absolute atomic E-state index is 0.0814. The Bertz CT molecular complexity index is 1530. The van der Waals surface area contributed by atoms with Crippen LogP contribution in [-0.4, -0.2) is 68.3 Å². The van der Waals surface area contributed by atoms with E-state index in [2.05, 4.69) is 53.4 Å².